The number of aromatic hydroxyl groups is 1. The minimum Gasteiger partial charge on any atom is -0.507 e. The molecule has 0 aliphatic carbocycles. The molecule has 3 N–H and O–H groups in total. The van der Waals surface area contributed by atoms with Gasteiger partial charge in [0, 0.05) is 11.3 Å². The largest absolute Gasteiger partial charge is 0.507 e. The molecule has 0 saturated carbocycles. The van der Waals surface area contributed by atoms with Gasteiger partial charge in [0.25, 0.3) is 0 Å². The van der Waals surface area contributed by atoms with Gasteiger partial charge in [-0.05, 0) is 41.0 Å². The molecule has 30 heavy (non-hydrogen) atoms. The molecule has 3 aromatic rings. The van der Waals surface area contributed by atoms with Gasteiger partial charge in [0.2, 0.25) is 0 Å². The fourth-order valence-electron chi connectivity index (χ4n) is 2.60. The van der Waals surface area contributed by atoms with Crippen molar-refractivity contribution in [2.45, 2.75) is 11.9 Å². The van der Waals surface area contributed by atoms with Gasteiger partial charge in [0.05, 0.1) is 11.8 Å². The molecular formula is C22H18F3N3OS. The second-order valence-corrected chi connectivity index (χ2v) is 7.30. The molecule has 0 fully saturated rings. The molecule has 3 rings (SSSR count). The molecule has 0 radical (unpaired) electrons. The lowest BCUT2D eigenvalue weighted by Gasteiger charge is -2.08. The van der Waals surface area contributed by atoms with Crippen LogP contribution in [0, 0.1) is 0 Å². The zero-order valence-electron chi connectivity index (χ0n) is 15.7. The van der Waals surface area contributed by atoms with E-state index in [2.05, 4.69) is 10.2 Å². The summed E-state index contributed by atoms with van der Waals surface area (Å²) in [7, 11) is 0. The molecule has 0 atom stereocenters. The monoisotopic (exact) mass is 429 g/mol. The smallest absolute Gasteiger partial charge is 0.416 e. The van der Waals surface area contributed by atoms with Crippen molar-refractivity contribution >= 4 is 23.1 Å². The maximum atomic E-state index is 12.7. The maximum Gasteiger partial charge on any atom is 0.416 e. The van der Waals surface area contributed by atoms with E-state index in [-0.39, 0.29) is 10.9 Å². The number of thioether (sulfide) groups is 1. The number of hydrogen-bond acceptors (Lipinski definition) is 4. The number of rotatable bonds is 5. The first-order valence-electron chi connectivity index (χ1n) is 8.87. The number of amidine groups is 1. The van der Waals surface area contributed by atoms with Gasteiger partial charge in [0.1, 0.15) is 5.75 Å². The van der Waals surface area contributed by atoms with Gasteiger partial charge in [-0.2, -0.15) is 18.3 Å². The molecule has 0 heterocycles. The summed E-state index contributed by atoms with van der Waals surface area (Å²) >= 11 is 1.33. The van der Waals surface area contributed by atoms with E-state index in [0.717, 1.165) is 17.7 Å². The van der Waals surface area contributed by atoms with Crippen molar-refractivity contribution in [1.82, 2.24) is 0 Å². The third-order valence-corrected chi connectivity index (χ3v) is 5.01. The van der Waals surface area contributed by atoms with Crippen molar-refractivity contribution in [3.8, 4) is 16.9 Å². The van der Waals surface area contributed by atoms with Crippen LogP contribution in [0.15, 0.2) is 83.0 Å². The predicted molar refractivity (Wildman–Crippen MR) is 115 cm³/mol. The average molecular weight is 429 g/mol. The minimum atomic E-state index is -4.39. The summed E-state index contributed by atoms with van der Waals surface area (Å²) in [4.78, 5) is 0. The van der Waals surface area contributed by atoms with E-state index >= 15 is 0 Å². The number of phenols is 1. The van der Waals surface area contributed by atoms with Gasteiger partial charge in [-0.3, -0.25) is 0 Å². The molecule has 8 heteroatoms. The SMILES string of the molecule is NC(=NN=Cc1cc(-c2ccc(C(F)(F)F)cc2)ccc1O)SCc1ccccc1. The molecule has 0 aromatic heterocycles. The van der Waals surface area contributed by atoms with Gasteiger partial charge in [-0.15, -0.1) is 5.10 Å². The summed E-state index contributed by atoms with van der Waals surface area (Å²) in [5, 5.41) is 18.1. The van der Waals surface area contributed by atoms with Crippen LogP contribution in [0.3, 0.4) is 0 Å². The molecule has 0 aliphatic heterocycles. The Bertz CT molecular complexity index is 1050. The van der Waals surface area contributed by atoms with Crippen molar-refractivity contribution in [3.05, 3.63) is 89.5 Å². The Morgan fingerprint density at radius 3 is 2.30 bits per heavy atom. The van der Waals surface area contributed by atoms with E-state index in [1.807, 2.05) is 30.3 Å². The second-order valence-electron chi connectivity index (χ2n) is 6.31. The van der Waals surface area contributed by atoms with E-state index in [9.17, 15) is 18.3 Å². The number of alkyl halides is 3. The fourth-order valence-corrected chi connectivity index (χ4v) is 3.21. The van der Waals surface area contributed by atoms with Gasteiger partial charge in [-0.25, -0.2) is 0 Å². The van der Waals surface area contributed by atoms with Gasteiger partial charge in [-0.1, -0.05) is 60.3 Å². The highest BCUT2D eigenvalue weighted by molar-refractivity contribution is 8.13. The van der Waals surface area contributed by atoms with Crippen molar-refractivity contribution in [2.75, 3.05) is 0 Å². The molecule has 154 valence electrons. The number of phenolic OH excluding ortho intramolecular Hbond substituents is 1. The predicted octanol–water partition coefficient (Wildman–Crippen LogP) is 5.66. The lowest BCUT2D eigenvalue weighted by molar-refractivity contribution is -0.137. The van der Waals surface area contributed by atoms with E-state index in [0.29, 0.717) is 22.4 Å². The summed E-state index contributed by atoms with van der Waals surface area (Å²) in [6, 6.07) is 19.2. The fraction of sp³-hybridized carbons (Fsp3) is 0.0909. The van der Waals surface area contributed by atoms with Gasteiger partial charge < -0.3 is 10.8 Å². The van der Waals surface area contributed by atoms with Crippen LogP contribution >= 0.6 is 11.8 Å². The zero-order valence-corrected chi connectivity index (χ0v) is 16.5. The Morgan fingerprint density at radius 2 is 1.63 bits per heavy atom. The van der Waals surface area contributed by atoms with Crippen LogP contribution in [0.1, 0.15) is 16.7 Å². The molecule has 4 nitrogen and oxygen atoms in total. The molecular weight excluding hydrogens is 411 g/mol. The van der Waals surface area contributed by atoms with E-state index in [1.165, 1.54) is 36.2 Å². The normalized spacial score (nSPS) is 12.4. The number of hydrogen-bond donors (Lipinski definition) is 2. The van der Waals surface area contributed by atoms with Crippen LogP contribution in [0.4, 0.5) is 13.2 Å². The van der Waals surface area contributed by atoms with Crippen molar-refractivity contribution < 1.29 is 18.3 Å². The Morgan fingerprint density at radius 1 is 0.967 bits per heavy atom. The van der Waals surface area contributed by atoms with Crippen LogP contribution < -0.4 is 5.73 Å². The Hall–Kier alpha value is -3.26. The Balaban J connectivity index is 1.70. The molecule has 0 aliphatic rings. The van der Waals surface area contributed by atoms with Crippen LogP contribution in [-0.4, -0.2) is 16.5 Å². The van der Waals surface area contributed by atoms with E-state index < -0.39 is 11.7 Å². The van der Waals surface area contributed by atoms with Crippen molar-refractivity contribution in [3.63, 3.8) is 0 Å². The zero-order chi connectivity index (χ0) is 21.6. The third kappa shape index (κ3) is 5.87. The highest BCUT2D eigenvalue weighted by atomic mass is 32.2. The topological polar surface area (TPSA) is 71.0 Å². The molecule has 0 amide bonds. The minimum absolute atomic E-state index is 0.0277. The van der Waals surface area contributed by atoms with Crippen LogP contribution in [0.5, 0.6) is 5.75 Å². The summed E-state index contributed by atoms with van der Waals surface area (Å²) in [6.07, 6.45) is -3.04. The number of halogens is 3. The first-order chi connectivity index (χ1) is 14.3. The summed E-state index contributed by atoms with van der Waals surface area (Å²) in [5.74, 6) is 0.625. The maximum absolute atomic E-state index is 12.7. The molecule has 0 saturated heterocycles. The quantitative estimate of drug-likeness (QED) is 0.312. The Kier molecular flexibility index (Phi) is 6.79. The van der Waals surface area contributed by atoms with Crippen LogP contribution in [0.2, 0.25) is 0 Å². The molecule has 3 aromatic carbocycles. The Labute approximate surface area is 176 Å². The van der Waals surface area contributed by atoms with E-state index in [4.69, 9.17) is 5.73 Å². The second kappa shape index (κ2) is 9.49. The van der Waals surface area contributed by atoms with Gasteiger partial charge >= 0.3 is 6.18 Å². The lowest BCUT2D eigenvalue weighted by atomic mass is 10.0. The lowest BCUT2D eigenvalue weighted by Crippen LogP contribution is -2.06. The highest BCUT2D eigenvalue weighted by Gasteiger charge is 2.29. The molecule has 0 spiro atoms. The van der Waals surface area contributed by atoms with Crippen LogP contribution in [-0.2, 0) is 11.9 Å². The van der Waals surface area contributed by atoms with Crippen molar-refractivity contribution in [1.29, 1.82) is 0 Å². The molecule has 0 unspecified atom stereocenters. The highest BCUT2D eigenvalue weighted by Crippen LogP contribution is 2.31. The summed E-state index contributed by atoms with van der Waals surface area (Å²) < 4.78 is 38.2. The van der Waals surface area contributed by atoms with Crippen molar-refractivity contribution in [2.24, 2.45) is 15.9 Å². The average Bonchev–Trinajstić information content (AvgIpc) is 2.74. The number of nitrogens with two attached hydrogens (primary N) is 1. The summed E-state index contributed by atoms with van der Waals surface area (Å²) in [5.41, 5.74) is 7.82. The third-order valence-electron chi connectivity index (χ3n) is 4.16. The first kappa shape index (κ1) is 21.4. The number of nitrogens with zero attached hydrogens (tertiary/aromatic N) is 2. The first-order valence-corrected chi connectivity index (χ1v) is 9.85. The standard InChI is InChI=1S/C22H18F3N3OS/c23-22(24,25)19-9-6-16(7-10-19)17-8-11-20(29)18(12-17)13-27-28-21(26)30-14-15-4-2-1-3-5-15/h1-13,29H,14H2,(H2,26,28). The van der Waals surface area contributed by atoms with E-state index in [1.54, 1.807) is 12.1 Å². The molecule has 0 bridgehead atoms. The summed E-state index contributed by atoms with van der Waals surface area (Å²) in [6.45, 7) is 0. The van der Waals surface area contributed by atoms with Crippen LogP contribution in [0.25, 0.3) is 11.1 Å². The number of benzene rings is 3. The van der Waals surface area contributed by atoms with Gasteiger partial charge in [0.15, 0.2) is 5.17 Å².